The van der Waals surface area contributed by atoms with E-state index in [9.17, 15) is 4.79 Å². The molecule has 0 bridgehead atoms. The van der Waals surface area contributed by atoms with Crippen molar-refractivity contribution in [3.63, 3.8) is 0 Å². The largest absolute Gasteiger partial charge is 0.342 e. The van der Waals surface area contributed by atoms with Crippen LogP contribution in [0.2, 0.25) is 0 Å². The second-order valence-corrected chi connectivity index (χ2v) is 4.61. The molecule has 2 rings (SSSR count). The Morgan fingerprint density at radius 2 is 2.24 bits per heavy atom. The molecule has 0 aliphatic rings. The van der Waals surface area contributed by atoms with Gasteiger partial charge in [0.05, 0.1) is 11.6 Å². The van der Waals surface area contributed by atoms with Gasteiger partial charge in [-0.05, 0) is 41.6 Å². The Bertz CT molecular complexity index is 513. The molecule has 88 valence electrons. The van der Waals surface area contributed by atoms with Crippen LogP contribution in [0.3, 0.4) is 0 Å². The first-order chi connectivity index (χ1) is 8.18. The van der Waals surface area contributed by atoms with Crippen LogP contribution < -0.4 is 5.32 Å². The van der Waals surface area contributed by atoms with E-state index in [0.717, 1.165) is 3.57 Å². The zero-order valence-electron chi connectivity index (χ0n) is 9.01. The average Bonchev–Trinajstić information content (AvgIpc) is 2.82. The van der Waals surface area contributed by atoms with Crippen LogP contribution in [0.4, 0.5) is 0 Å². The molecule has 0 saturated carbocycles. The van der Waals surface area contributed by atoms with Gasteiger partial charge in [0, 0.05) is 3.57 Å². The second-order valence-electron chi connectivity index (χ2n) is 3.44. The zero-order valence-corrected chi connectivity index (χ0v) is 11.2. The van der Waals surface area contributed by atoms with Crippen LogP contribution in [0, 0.1) is 3.57 Å². The molecule has 1 heterocycles. The summed E-state index contributed by atoms with van der Waals surface area (Å²) in [6, 6.07) is 7.10. The highest BCUT2D eigenvalue weighted by atomic mass is 127. The van der Waals surface area contributed by atoms with Crippen molar-refractivity contribution in [2.75, 3.05) is 0 Å². The number of hydrogen-bond acceptors (Lipinski definition) is 4. The minimum absolute atomic E-state index is 0.146. The molecule has 1 unspecified atom stereocenters. The Kier molecular flexibility index (Phi) is 3.67. The lowest BCUT2D eigenvalue weighted by atomic mass is 10.2. The van der Waals surface area contributed by atoms with Gasteiger partial charge in [0.15, 0.2) is 5.82 Å². The average molecular weight is 343 g/mol. The first-order valence-electron chi connectivity index (χ1n) is 4.97. The van der Waals surface area contributed by atoms with Gasteiger partial charge < -0.3 is 5.32 Å². The molecule has 0 saturated heterocycles. The lowest BCUT2D eigenvalue weighted by Gasteiger charge is -2.10. The van der Waals surface area contributed by atoms with Gasteiger partial charge in [-0.1, -0.05) is 17.3 Å². The molecule has 0 aliphatic carbocycles. The summed E-state index contributed by atoms with van der Waals surface area (Å²) >= 11 is 2.13. The molecule has 2 aromatic rings. The van der Waals surface area contributed by atoms with Gasteiger partial charge in [-0.2, -0.15) is 5.21 Å². The number of hydrogen-bond donors (Lipinski definition) is 2. The van der Waals surface area contributed by atoms with Crippen molar-refractivity contribution in [3.05, 3.63) is 39.2 Å². The number of nitrogens with zero attached hydrogens (tertiary/aromatic N) is 3. The maximum atomic E-state index is 12.0. The summed E-state index contributed by atoms with van der Waals surface area (Å²) in [5.74, 6) is 0.316. The van der Waals surface area contributed by atoms with Crippen molar-refractivity contribution >= 4 is 28.5 Å². The molecule has 1 amide bonds. The van der Waals surface area contributed by atoms with Crippen LogP contribution in [0.25, 0.3) is 0 Å². The quantitative estimate of drug-likeness (QED) is 0.823. The third-order valence-electron chi connectivity index (χ3n) is 2.22. The monoisotopic (exact) mass is 343 g/mol. The Morgan fingerprint density at radius 1 is 1.47 bits per heavy atom. The smallest absolute Gasteiger partial charge is 0.252 e. The number of nitrogens with one attached hydrogen (secondary N) is 2. The van der Waals surface area contributed by atoms with E-state index >= 15 is 0 Å². The minimum Gasteiger partial charge on any atom is -0.342 e. The third-order valence-corrected chi connectivity index (χ3v) is 3.16. The van der Waals surface area contributed by atoms with Crippen LogP contribution >= 0.6 is 22.6 Å². The number of carbonyl (C=O) groups is 1. The highest BCUT2D eigenvalue weighted by Gasteiger charge is 2.15. The van der Waals surface area contributed by atoms with Crippen molar-refractivity contribution in [3.8, 4) is 0 Å². The number of halogens is 1. The number of amides is 1. The molecule has 1 atom stereocenters. The Morgan fingerprint density at radius 3 is 2.88 bits per heavy atom. The predicted molar refractivity (Wildman–Crippen MR) is 69.2 cm³/mol. The first kappa shape index (κ1) is 12.0. The number of H-pyrrole nitrogens is 1. The fourth-order valence-electron chi connectivity index (χ4n) is 1.34. The van der Waals surface area contributed by atoms with E-state index < -0.39 is 0 Å². The van der Waals surface area contributed by atoms with Crippen LogP contribution in [-0.4, -0.2) is 26.5 Å². The van der Waals surface area contributed by atoms with Crippen LogP contribution in [-0.2, 0) is 0 Å². The Labute approximate surface area is 111 Å². The summed E-state index contributed by atoms with van der Waals surface area (Å²) in [6.07, 6.45) is 0. The molecular weight excluding hydrogens is 333 g/mol. The van der Waals surface area contributed by atoms with Gasteiger partial charge in [0.25, 0.3) is 5.91 Å². The fraction of sp³-hybridized carbons (Fsp3) is 0.200. The van der Waals surface area contributed by atoms with Crippen molar-refractivity contribution in [1.82, 2.24) is 25.9 Å². The maximum Gasteiger partial charge on any atom is 0.252 e. The molecule has 0 fully saturated rings. The maximum absolute atomic E-state index is 12.0. The van der Waals surface area contributed by atoms with E-state index in [1.807, 2.05) is 18.2 Å². The minimum atomic E-state index is -0.280. The molecule has 2 N–H and O–H groups in total. The SMILES string of the molecule is CC(NC(=O)c1ccccc1I)c1nn[nH]n1. The normalized spacial score (nSPS) is 12.1. The molecule has 6 nitrogen and oxygen atoms in total. The van der Waals surface area contributed by atoms with Gasteiger partial charge in [0.1, 0.15) is 0 Å². The second kappa shape index (κ2) is 5.21. The fourth-order valence-corrected chi connectivity index (χ4v) is 1.97. The number of rotatable bonds is 3. The molecule has 17 heavy (non-hydrogen) atoms. The number of tetrazole rings is 1. The highest BCUT2D eigenvalue weighted by molar-refractivity contribution is 14.1. The number of benzene rings is 1. The van der Waals surface area contributed by atoms with E-state index in [1.54, 1.807) is 13.0 Å². The van der Waals surface area contributed by atoms with Crippen LogP contribution in [0.1, 0.15) is 29.1 Å². The zero-order chi connectivity index (χ0) is 12.3. The molecule has 0 radical (unpaired) electrons. The predicted octanol–water partition coefficient (Wildman–Crippen LogP) is 1.30. The van der Waals surface area contributed by atoms with E-state index in [4.69, 9.17) is 0 Å². The summed E-state index contributed by atoms with van der Waals surface area (Å²) in [6.45, 7) is 1.80. The number of aromatic nitrogens is 4. The lowest BCUT2D eigenvalue weighted by molar-refractivity contribution is 0.0937. The summed E-state index contributed by atoms with van der Waals surface area (Å²) in [5.41, 5.74) is 0.642. The van der Waals surface area contributed by atoms with Crippen molar-refractivity contribution in [2.24, 2.45) is 0 Å². The summed E-state index contributed by atoms with van der Waals surface area (Å²) < 4.78 is 0.905. The Balaban J connectivity index is 2.10. The summed E-state index contributed by atoms with van der Waals surface area (Å²) in [5, 5.41) is 16.3. The van der Waals surface area contributed by atoms with Gasteiger partial charge in [-0.15, -0.1) is 10.2 Å². The Hall–Kier alpha value is -1.51. The molecule has 7 heteroatoms. The lowest BCUT2D eigenvalue weighted by Crippen LogP contribution is -2.28. The topological polar surface area (TPSA) is 83.6 Å². The van der Waals surface area contributed by atoms with Gasteiger partial charge >= 0.3 is 0 Å². The third kappa shape index (κ3) is 2.78. The molecular formula is C10H10IN5O. The number of aromatic amines is 1. The van der Waals surface area contributed by atoms with Crippen molar-refractivity contribution in [2.45, 2.75) is 13.0 Å². The van der Waals surface area contributed by atoms with Crippen LogP contribution in [0.15, 0.2) is 24.3 Å². The van der Waals surface area contributed by atoms with Crippen molar-refractivity contribution in [1.29, 1.82) is 0 Å². The van der Waals surface area contributed by atoms with Gasteiger partial charge in [0.2, 0.25) is 0 Å². The van der Waals surface area contributed by atoms with Gasteiger partial charge in [-0.25, -0.2) is 0 Å². The van der Waals surface area contributed by atoms with E-state index in [0.29, 0.717) is 11.4 Å². The molecule has 0 aliphatic heterocycles. The van der Waals surface area contributed by atoms with Gasteiger partial charge in [-0.3, -0.25) is 4.79 Å². The highest BCUT2D eigenvalue weighted by Crippen LogP contribution is 2.13. The van der Waals surface area contributed by atoms with Crippen molar-refractivity contribution < 1.29 is 4.79 Å². The van der Waals surface area contributed by atoms with E-state index in [1.165, 1.54) is 0 Å². The summed E-state index contributed by atoms with van der Waals surface area (Å²) in [7, 11) is 0. The molecule has 1 aromatic carbocycles. The first-order valence-corrected chi connectivity index (χ1v) is 6.05. The molecule has 1 aromatic heterocycles. The number of carbonyl (C=O) groups excluding carboxylic acids is 1. The molecule has 0 spiro atoms. The van der Waals surface area contributed by atoms with E-state index in [2.05, 4.69) is 48.5 Å². The van der Waals surface area contributed by atoms with E-state index in [-0.39, 0.29) is 11.9 Å². The standard InChI is InChI=1S/C10H10IN5O/c1-6(9-13-15-16-14-9)12-10(17)7-4-2-3-5-8(7)11/h2-6H,1H3,(H,12,17)(H,13,14,15,16). The van der Waals surface area contributed by atoms with Crippen LogP contribution in [0.5, 0.6) is 0 Å². The summed E-state index contributed by atoms with van der Waals surface area (Å²) in [4.78, 5) is 12.0.